The van der Waals surface area contributed by atoms with E-state index in [1.54, 1.807) is 22.4 Å². The van der Waals surface area contributed by atoms with Gasteiger partial charge in [0.1, 0.15) is 4.83 Å². The van der Waals surface area contributed by atoms with Gasteiger partial charge in [-0.2, -0.15) is 0 Å². The number of rotatable bonds is 8. The molecule has 1 amide bonds. The summed E-state index contributed by atoms with van der Waals surface area (Å²) >= 11 is 3.09. The summed E-state index contributed by atoms with van der Waals surface area (Å²) < 4.78 is 1.71. The van der Waals surface area contributed by atoms with E-state index in [2.05, 4.69) is 37.8 Å². The lowest BCUT2D eigenvalue weighted by atomic mass is 10.1. The average Bonchev–Trinajstić information content (AvgIpc) is 3.35. The Morgan fingerprint density at radius 2 is 2.07 bits per heavy atom. The highest BCUT2D eigenvalue weighted by Gasteiger charge is 2.20. The van der Waals surface area contributed by atoms with Gasteiger partial charge in [0.25, 0.3) is 5.56 Å². The van der Waals surface area contributed by atoms with E-state index in [0.29, 0.717) is 18.4 Å². The number of aryl methyl sites for hydroxylation is 1. The van der Waals surface area contributed by atoms with Gasteiger partial charge in [0.15, 0.2) is 5.16 Å². The molecule has 7 heteroatoms. The van der Waals surface area contributed by atoms with E-state index in [1.807, 2.05) is 10.3 Å². The maximum atomic E-state index is 13.4. The lowest BCUT2D eigenvalue weighted by Crippen LogP contribution is -2.26. The van der Waals surface area contributed by atoms with Crippen LogP contribution in [0.15, 0.2) is 52.3 Å². The van der Waals surface area contributed by atoms with Crippen molar-refractivity contribution in [1.29, 1.82) is 0 Å². The van der Waals surface area contributed by atoms with Gasteiger partial charge >= 0.3 is 0 Å². The first-order chi connectivity index (χ1) is 14.6. The molecule has 0 N–H and O–H groups in total. The van der Waals surface area contributed by atoms with Crippen molar-refractivity contribution < 1.29 is 4.79 Å². The van der Waals surface area contributed by atoms with Crippen LogP contribution in [0.3, 0.4) is 0 Å². The van der Waals surface area contributed by atoms with Gasteiger partial charge in [-0.1, -0.05) is 47.7 Å². The van der Waals surface area contributed by atoms with E-state index in [0.717, 1.165) is 52.8 Å². The van der Waals surface area contributed by atoms with Gasteiger partial charge in [0, 0.05) is 42.8 Å². The fourth-order valence-corrected chi connectivity index (χ4v) is 5.63. The first-order valence-electron chi connectivity index (χ1n) is 10.2. The lowest BCUT2D eigenvalue weighted by molar-refractivity contribution is -0.127. The van der Waals surface area contributed by atoms with Crippen molar-refractivity contribution in [3.05, 3.63) is 58.2 Å². The Morgan fingerprint density at radius 1 is 1.27 bits per heavy atom. The third-order valence-corrected chi connectivity index (χ3v) is 7.24. The molecule has 3 aromatic rings. The highest BCUT2D eigenvalue weighted by Crippen LogP contribution is 2.32. The van der Waals surface area contributed by atoms with Gasteiger partial charge in [0.05, 0.1) is 5.39 Å². The number of hydrogen-bond acceptors (Lipinski definition) is 5. The molecule has 0 aliphatic carbocycles. The Morgan fingerprint density at radius 3 is 2.77 bits per heavy atom. The minimum absolute atomic E-state index is 0.0195. The Hall–Kier alpha value is -2.38. The fourth-order valence-electron chi connectivity index (χ4n) is 3.71. The van der Waals surface area contributed by atoms with Gasteiger partial charge in [-0.25, -0.2) is 4.98 Å². The number of fused-ring (bicyclic) bond motifs is 1. The highest BCUT2D eigenvalue weighted by atomic mass is 32.2. The lowest BCUT2D eigenvalue weighted by Gasteiger charge is -2.15. The van der Waals surface area contributed by atoms with E-state index in [-0.39, 0.29) is 11.5 Å². The minimum Gasteiger partial charge on any atom is -0.343 e. The standard InChI is InChI=1S/C23H25N3O2S2/c1-3-11-26-22(28)20-18(17-9-7-16(2)8-10-17)15-30-21(20)24-23(26)29-14-5-13-25-12-4-6-19(25)27/h3,7-10,15H,1,4-6,11-14H2,2H3. The largest absolute Gasteiger partial charge is 0.343 e. The monoisotopic (exact) mass is 439 g/mol. The molecule has 3 heterocycles. The number of amides is 1. The number of benzene rings is 1. The van der Waals surface area contributed by atoms with Crippen molar-refractivity contribution in [2.24, 2.45) is 0 Å². The van der Waals surface area contributed by atoms with Crippen LogP contribution in [0.4, 0.5) is 0 Å². The highest BCUT2D eigenvalue weighted by molar-refractivity contribution is 7.99. The number of thioether (sulfide) groups is 1. The van der Waals surface area contributed by atoms with Crippen molar-refractivity contribution >= 4 is 39.2 Å². The molecule has 5 nitrogen and oxygen atoms in total. The molecule has 2 aromatic heterocycles. The molecule has 30 heavy (non-hydrogen) atoms. The minimum atomic E-state index is -0.0195. The number of nitrogens with zero attached hydrogens (tertiary/aromatic N) is 3. The molecule has 0 radical (unpaired) electrons. The van der Waals surface area contributed by atoms with Crippen LogP contribution in [0.1, 0.15) is 24.8 Å². The van der Waals surface area contributed by atoms with Crippen LogP contribution >= 0.6 is 23.1 Å². The fraction of sp³-hybridized carbons (Fsp3) is 0.348. The van der Waals surface area contributed by atoms with Crippen LogP contribution in [0, 0.1) is 6.92 Å². The van der Waals surface area contributed by atoms with Crippen molar-refractivity contribution in [1.82, 2.24) is 14.5 Å². The Balaban J connectivity index is 1.59. The zero-order valence-electron chi connectivity index (χ0n) is 17.1. The van der Waals surface area contributed by atoms with Crippen molar-refractivity contribution in [3.8, 4) is 11.1 Å². The third kappa shape index (κ3) is 4.23. The molecule has 4 rings (SSSR count). The van der Waals surface area contributed by atoms with Crippen LogP contribution < -0.4 is 5.56 Å². The molecule has 156 valence electrons. The average molecular weight is 440 g/mol. The van der Waals surface area contributed by atoms with E-state index < -0.39 is 0 Å². The molecule has 0 bridgehead atoms. The zero-order chi connectivity index (χ0) is 21.1. The van der Waals surface area contributed by atoms with E-state index in [9.17, 15) is 9.59 Å². The molecule has 1 aliphatic heterocycles. The third-order valence-electron chi connectivity index (χ3n) is 5.31. The predicted molar refractivity (Wildman–Crippen MR) is 125 cm³/mol. The Bertz CT molecular complexity index is 1130. The number of aromatic nitrogens is 2. The SMILES string of the molecule is C=CCn1c(SCCCN2CCCC2=O)nc2scc(-c3ccc(C)cc3)c2c1=O. The zero-order valence-corrected chi connectivity index (χ0v) is 18.7. The smallest absolute Gasteiger partial charge is 0.263 e. The van der Waals surface area contributed by atoms with Crippen LogP contribution in [0.5, 0.6) is 0 Å². The molecule has 1 fully saturated rings. The van der Waals surface area contributed by atoms with Gasteiger partial charge in [-0.3, -0.25) is 14.2 Å². The van der Waals surface area contributed by atoms with Gasteiger partial charge in [-0.05, 0) is 25.3 Å². The number of hydrogen-bond donors (Lipinski definition) is 0. The van der Waals surface area contributed by atoms with Gasteiger partial charge < -0.3 is 4.90 Å². The van der Waals surface area contributed by atoms with Crippen molar-refractivity contribution in [3.63, 3.8) is 0 Å². The van der Waals surface area contributed by atoms with E-state index in [1.165, 1.54) is 16.9 Å². The van der Waals surface area contributed by atoms with Gasteiger partial charge in [0.2, 0.25) is 5.91 Å². The molecular weight excluding hydrogens is 414 g/mol. The predicted octanol–water partition coefficient (Wildman–Crippen LogP) is 4.72. The summed E-state index contributed by atoms with van der Waals surface area (Å²) in [7, 11) is 0. The van der Waals surface area contributed by atoms with Crippen molar-refractivity contribution in [2.75, 3.05) is 18.8 Å². The second-order valence-corrected chi connectivity index (χ2v) is 9.40. The van der Waals surface area contributed by atoms with E-state index in [4.69, 9.17) is 4.98 Å². The maximum absolute atomic E-state index is 13.4. The quantitative estimate of drug-likeness (QED) is 0.220. The summed E-state index contributed by atoms with van der Waals surface area (Å²) in [4.78, 5) is 32.6. The molecule has 1 aliphatic rings. The van der Waals surface area contributed by atoms with Crippen molar-refractivity contribution in [2.45, 2.75) is 37.9 Å². The molecule has 1 saturated heterocycles. The summed E-state index contributed by atoms with van der Waals surface area (Å²) in [6.45, 7) is 7.94. The molecule has 0 saturated carbocycles. The number of carbonyl (C=O) groups excluding carboxylic acids is 1. The number of likely N-dealkylation sites (tertiary alicyclic amines) is 1. The molecule has 0 unspecified atom stereocenters. The first kappa shape index (κ1) is 20.9. The Kier molecular flexibility index (Phi) is 6.39. The second-order valence-electron chi connectivity index (χ2n) is 7.48. The number of allylic oxidation sites excluding steroid dienone is 1. The maximum Gasteiger partial charge on any atom is 0.263 e. The first-order valence-corrected chi connectivity index (χ1v) is 12.1. The van der Waals surface area contributed by atoms with Crippen LogP contribution in [0.2, 0.25) is 0 Å². The summed E-state index contributed by atoms with van der Waals surface area (Å²) in [5.74, 6) is 1.07. The van der Waals surface area contributed by atoms with E-state index >= 15 is 0 Å². The number of thiophene rings is 1. The van der Waals surface area contributed by atoms with Crippen LogP contribution in [-0.4, -0.2) is 39.2 Å². The number of carbonyl (C=O) groups is 1. The van der Waals surface area contributed by atoms with Crippen LogP contribution in [0.25, 0.3) is 21.3 Å². The Labute approximate surface area is 184 Å². The summed E-state index contributed by atoms with van der Waals surface area (Å²) in [5, 5.41) is 3.42. The molecule has 0 atom stereocenters. The second kappa shape index (κ2) is 9.18. The normalized spacial score (nSPS) is 14.0. The summed E-state index contributed by atoms with van der Waals surface area (Å²) in [5.41, 5.74) is 3.14. The molecule has 1 aromatic carbocycles. The summed E-state index contributed by atoms with van der Waals surface area (Å²) in [6.07, 6.45) is 4.26. The van der Waals surface area contributed by atoms with Crippen LogP contribution in [-0.2, 0) is 11.3 Å². The van der Waals surface area contributed by atoms with Gasteiger partial charge in [-0.15, -0.1) is 17.9 Å². The molecular formula is C23H25N3O2S2. The molecule has 0 spiro atoms. The topological polar surface area (TPSA) is 55.2 Å². The summed E-state index contributed by atoms with van der Waals surface area (Å²) in [6, 6.07) is 8.22.